The molecule has 0 bridgehead atoms. The minimum atomic E-state index is -4.32. The number of alkyl halides is 3. The van der Waals surface area contributed by atoms with Gasteiger partial charge in [0, 0.05) is 0 Å². The summed E-state index contributed by atoms with van der Waals surface area (Å²) >= 11 is -0.140. The van der Waals surface area contributed by atoms with E-state index in [1.54, 1.807) is 6.07 Å². The van der Waals surface area contributed by atoms with Gasteiger partial charge in [-0.15, -0.1) is 0 Å². The van der Waals surface area contributed by atoms with Crippen LogP contribution in [0.4, 0.5) is 18.9 Å². The van der Waals surface area contributed by atoms with Gasteiger partial charge in [0.15, 0.2) is 0 Å². The van der Waals surface area contributed by atoms with Crippen molar-refractivity contribution in [1.82, 2.24) is 9.47 Å². The van der Waals surface area contributed by atoms with Gasteiger partial charge in [0.1, 0.15) is 0 Å². The van der Waals surface area contributed by atoms with E-state index >= 15 is 0 Å². The maximum atomic E-state index is 12.9. The van der Waals surface area contributed by atoms with E-state index in [2.05, 4.69) is 4.90 Å². The number of piperazine rings is 1. The molecule has 2 heterocycles. The number of benzene rings is 2. The third-order valence-corrected chi connectivity index (χ3v) is 7.14. The van der Waals surface area contributed by atoms with Crippen molar-refractivity contribution < 1.29 is 13.2 Å². The van der Waals surface area contributed by atoms with Crippen LogP contribution in [0.2, 0.25) is 0 Å². The average molecular weight is 454 g/mol. The Balaban J connectivity index is 1.37. The monoisotopic (exact) mass is 455 g/mol. The van der Waals surface area contributed by atoms with Gasteiger partial charge >= 0.3 is 153 Å². The number of anilines is 1. The van der Waals surface area contributed by atoms with Crippen LogP contribution >= 0.6 is 0 Å². The van der Waals surface area contributed by atoms with E-state index < -0.39 is 11.7 Å². The first-order valence-electron chi connectivity index (χ1n) is 9.15. The zero-order chi connectivity index (χ0) is 19.7. The third kappa shape index (κ3) is 4.04. The topological polar surface area (TPSA) is 28.5 Å². The van der Waals surface area contributed by atoms with Gasteiger partial charge < -0.3 is 0 Å². The molecule has 1 aliphatic heterocycles. The summed E-state index contributed by atoms with van der Waals surface area (Å²) in [4.78, 5) is 16.5. The number of hydrogen-bond donors (Lipinski definition) is 0. The molecule has 3 aromatic rings. The fourth-order valence-corrected chi connectivity index (χ4v) is 5.50. The SMILES string of the molecule is O=c1[se]c2ccccc2n1CCN1CCN(c2cccc(C(F)(F)F)c2)CC1. The fourth-order valence-electron chi connectivity index (χ4n) is 3.58. The van der Waals surface area contributed by atoms with Crippen molar-refractivity contribution in [3.05, 3.63) is 63.3 Å². The molecule has 8 heteroatoms. The zero-order valence-corrected chi connectivity index (χ0v) is 16.9. The van der Waals surface area contributed by atoms with Crippen LogP contribution < -0.4 is 9.33 Å². The molecular formula is C20H20F3N3OSe. The van der Waals surface area contributed by atoms with E-state index in [0.29, 0.717) is 25.3 Å². The van der Waals surface area contributed by atoms with Crippen molar-refractivity contribution in [2.75, 3.05) is 37.6 Å². The van der Waals surface area contributed by atoms with Crippen LogP contribution in [0, 0.1) is 0 Å². The first kappa shape index (κ1) is 19.3. The molecule has 1 aliphatic rings. The Labute approximate surface area is 166 Å². The van der Waals surface area contributed by atoms with Crippen LogP contribution in [0.1, 0.15) is 5.56 Å². The summed E-state index contributed by atoms with van der Waals surface area (Å²) < 4.78 is 42.0. The minimum absolute atomic E-state index is 0.140. The summed E-state index contributed by atoms with van der Waals surface area (Å²) in [6.45, 7) is 4.31. The van der Waals surface area contributed by atoms with Crippen molar-refractivity contribution in [2.24, 2.45) is 0 Å². The zero-order valence-electron chi connectivity index (χ0n) is 15.2. The van der Waals surface area contributed by atoms with E-state index in [4.69, 9.17) is 0 Å². The fraction of sp³-hybridized carbons (Fsp3) is 0.350. The van der Waals surface area contributed by atoms with Crippen LogP contribution in [0.5, 0.6) is 0 Å². The summed E-state index contributed by atoms with van der Waals surface area (Å²) in [7, 11) is 0. The Morgan fingerprint density at radius 1 is 0.929 bits per heavy atom. The van der Waals surface area contributed by atoms with Gasteiger partial charge in [-0.05, 0) is 0 Å². The number of halogens is 3. The van der Waals surface area contributed by atoms with Gasteiger partial charge in [0.05, 0.1) is 0 Å². The Morgan fingerprint density at radius 2 is 1.68 bits per heavy atom. The molecular weight excluding hydrogens is 434 g/mol. The van der Waals surface area contributed by atoms with Crippen molar-refractivity contribution >= 4 is 30.0 Å². The average Bonchev–Trinajstić information content (AvgIpc) is 3.01. The van der Waals surface area contributed by atoms with Crippen molar-refractivity contribution in [3.8, 4) is 0 Å². The number of aromatic nitrogens is 1. The number of para-hydroxylation sites is 1. The summed E-state index contributed by atoms with van der Waals surface area (Å²) in [6, 6.07) is 13.4. The quantitative estimate of drug-likeness (QED) is 0.568. The van der Waals surface area contributed by atoms with Gasteiger partial charge in [-0.2, -0.15) is 13.2 Å². The van der Waals surface area contributed by atoms with Gasteiger partial charge in [0.2, 0.25) is 0 Å². The van der Waals surface area contributed by atoms with Crippen LogP contribution in [-0.2, 0) is 12.7 Å². The molecule has 0 spiro atoms. The van der Waals surface area contributed by atoms with Crippen molar-refractivity contribution in [2.45, 2.75) is 12.7 Å². The second-order valence-corrected chi connectivity index (χ2v) is 8.95. The van der Waals surface area contributed by atoms with Crippen LogP contribution in [-0.4, -0.2) is 56.7 Å². The molecule has 2 aromatic carbocycles. The standard InChI is InChI=1S/C20H20F3N3OSe/c21-20(22,23)15-4-3-5-16(14-15)25-11-8-24(9-12-25)10-13-26-17-6-1-2-7-18(17)28-19(26)27/h1-7,14H,8-13H2. The van der Waals surface area contributed by atoms with Gasteiger partial charge in [-0.25, -0.2) is 0 Å². The number of fused-ring (bicyclic) bond motifs is 1. The summed E-state index contributed by atoms with van der Waals surface area (Å²) in [6.07, 6.45) is -4.32. The first-order chi connectivity index (χ1) is 13.4. The second kappa shape index (κ2) is 7.78. The number of hydrogen-bond acceptors (Lipinski definition) is 3. The molecule has 0 N–H and O–H groups in total. The van der Waals surface area contributed by atoms with Gasteiger partial charge in [-0.1, -0.05) is 0 Å². The summed E-state index contributed by atoms with van der Waals surface area (Å²) in [5, 5.41) is 0. The molecule has 0 atom stereocenters. The molecule has 0 amide bonds. The van der Waals surface area contributed by atoms with E-state index in [1.807, 2.05) is 33.7 Å². The van der Waals surface area contributed by atoms with E-state index in [0.717, 1.165) is 35.5 Å². The van der Waals surface area contributed by atoms with Crippen LogP contribution in [0.15, 0.2) is 53.3 Å². The molecule has 4 rings (SSSR count). The first-order valence-corrected chi connectivity index (χ1v) is 10.9. The molecule has 148 valence electrons. The van der Waals surface area contributed by atoms with Crippen LogP contribution in [0.3, 0.4) is 0 Å². The molecule has 0 saturated carbocycles. The Morgan fingerprint density at radius 3 is 2.43 bits per heavy atom. The second-order valence-electron chi connectivity index (χ2n) is 6.86. The summed E-state index contributed by atoms with van der Waals surface area (Å²) in [5.74, 6) is 0. The molecule has 4 nitrogen and oxygen atoms in total. The normalized spacial score (nSPS) is 16.0. The van der Waals surface area contributed by atoms with Crippen molar-refractivity contribution in [1.29, 1.82) is 0 Å². The molecule has 0 unspecified atom stereocenters. The molecule has 1 aromatic heterocycles. The Hall–Kier alpha value is -2.02. The van der Waals surface area contributed by atoms with Crippen molar-refractivity contribution in [3.63, 3.8) is 0 Å². The molecule has 1 saturated heterocycles. The number of nitrogens with zero attached hydrogens (tertiary/aromatic N) is 3. The summed E-state index contributed by atoms with van der Waals surface area (Å²) in [5.41, 5.74) is 1.02. The Bertz CT molecular complexity index is 1020. The van der Waals surface area contributed by atoms with E-state index in [9.17, 15) is 18.0 Å². The molecule has 1 fully saturated rings. The number of rotatable bonds is 4. The third-order valence-electron chi connectivity index (χ3n) is 5.12. The van der Waals surface area contributed by atoms with E-state index in [1.165, 1.54) is 12.1 Å². The maximum absolute atomic E-state index is 12.9. The molecule has 28 heavy (non-hydrogen) atoms. The molecule has 0 aliphatic carbocycles. The Kier molecular flexibility index (Phi) is 5.36. The molecule has 0 radical (unpaired) electrons. The predicted octanol–water partition coefficient (Wildman–Crippen LogP) is 2.90. The van der Waals surface area contributed by atoms with E-state index in [-0.39, 0.29) is 18.9 Å². The van der Waals surface area contributed by atoms with Crippen LogP contribution in [0.25, 0.3) is 9.78 Å². The van der Waals surface area contributed by atoms with Gasteiger partial charge in [-0.3, -0.25) is 0 Å². The van der Waals surface area contributed by atoms with Gasteiger partial charge in [0.25, 0.3) is 0 Å². The predicted molar refractivity (Wildman–Crippen MR) is 105 cm³/mol.